The van der Waals surface area contributed by atoms with Gasteiger partial charge in [-0.05, 0) is 44.9 Å². The Hall–Kier alpha value is -2.44. The molecule has 1 amide bonds. The van der Waals surface area contributed by atoms with E-state index in [1.54, 1.807) is 11.2 Å². The van der Waals surface area contributed by atoms with Crippen LogP contribution in [0.1, 0.15) is 54.8 Å². The average Bonchev–Trinajstić information content (AvgIpc) is 3.12. The van der Waals surface area contributed by atoms with Crippen molar-refractivity contribution in [1.82, 2.24) is 19.7 Å². The average molecular weight is 346 g/mol. The van der Waals surface area contributed by atoms with Gasteiger partial charge in [-0.15, -0.1) is 10.2 Å². The first-order valence-electron chi connectivity index (χ1n) is 8.53. The number of likely N-dealkylation sites (tertiary alicyclic amines) is 1. The number of carbonyl (C=O) groups excluding carboxylic acids is 1. The number of hydrogen-bond donors (Lipinski definition) is 0. The molecule has 0 atom stereocenters. The van der Waals surface area contributed by atoms with Crippen LogP contribution in [0.3, 0.4) is 0 Å². The fourth-order valence-corrected chi connectivity index (χ4v) is 3.26. The number of nitrogens with zero attached hydrogens (tertiary/aromatic N) is 4. The van der Waals surface area contributed by atoms with Gasteiger partial charge in [0.15, 0.2) is 11.6 Å². The molecule has 0 bridgehead atoms. The number of carbonyl (C=O) groups is 1. The summed E-state index contributed by atoms with van der Waals surface area (Å²) in [6, 6.07) is 4.54. The van der Waals surface area contributed by atoms with Gasteiger partial charge in [-0.3, -0.25) is 4.79 Å². The third-order valence-electron chi connectivity index (χ3n) is 4.70. The summed E-state index contributed by atoms with van der Waals surface area (Å²) in [5.41, 5.74) is 0.446. The zero-order chi connectivity index (χ0) is 18.0. The number of methoxy groups -OCH3 is 1. The van der Waals surface area contributed by atoms with Gasteiger partial charge in [0.1, 0.15) is 12.2 Å². The molecule has 0 N–H and O–H groups in total. The molecule has 0 aliphatic carbocycles. The van der Waals surface area contributed by atoms with Crippen molar-refractivity contribution in [2.24, 2.45) is 0 Å². The molecular formula is C18H23FN4O2. The summed E-state index contributed by atoms with van der Waals surface area (Å²) >= 11 is 0. The maximum atomic E-state index is 13.5. The number of ether oxygens (including phenoxy) is 1. The van der Waals surface area contributed by atoms with Crippen LogP contribution in [0.15, 0.2) is 24.5 Å². The largest absolute Gasteiger partial charge is 0.494 e. The predicted molar refractivity (Wildman–Crippen MR) is 91.2 cm³/mol. The lowest BCUT2D eigenvalue weighted by Gasteiger charge is -2.32. The second-order valence-corrected chi connectivity index (χ2v) is 6.61. The third-order valence-corrected chi connectivity index (χ3v) is 4.70. The number of halogens is 1. The Balaban J connectivity index is 1.68. The molecule has 2 heterocycles. The van der Waals surface area contributed by atoms with Crippen molar-refractivity contribution in [3.05, 3.63) is 41.7 Å². The molecule has 1 aromatic heterocycles. The van der Waals surface area contributed by atoms with E-state index in [2.05, 4.69) is 28.6 Å². The lowest BCUT2D eigenvalue weighted by molar-refractivity contribution is 0.0709. The van der Waals surface area contributed by atoms with E-state index in [-0.39, 0.29) is 11.7 Å². The van der Waals surface area contributed by atoms with Gasteiger partial charge in [-0.1, -0.05) is 0 Å². The quantitative estimate of drug-likeness (QED) is 0.854. The topological polar surface area (TPSA) is 60.2 Å². The molecule has 3 rings (SSSR count). The Labute approximate surface area is 146 Å². The van der Waals surface area contributed by atoms with Crippen LogP contribution in [0.25, 0.3) is 0 Å². The summed E-state index contributed by atoms with van der Waals surface area (Å²) in [7, 11) is 1.39. The third kappa shape index (κ3) is 3.50. The molecule has 6 nitrogen and oxygen atoms in total. The number of hydrogen-bond acceptors (Lipinski definition) is 4. The van der Waals surface area contributed by atoms with Gasteiger partial charge in [0.05, 0.1) is 7.11 Å². The van der Waals surface area contributed by atoms with Crippen LogP contribution in [0.4, 0.5) is 4.39 Å². The van der Waals surface area contributed by atoms with Gasteiger partial charge in [0.2, 0.25) is 0 Å². The number of aromatic nitrogens is 3. The first kappa shape index (κ1) is 17.4. The lowest BCUT2D eigenvalue weighted by atomic mass is 9.95. The molecule has 1 saturated heterocycles. The highest BCUT2D eigenvalue weighted by Crippen LogP contribution is 2.29. The number of rotatable bonds is 4. The van der Waals surface area contributed by atoms with E-state index >= 15 is 0 Å². The molecule has 0 unspecified atom stereocenters. The minimum Gasteiger partial charge on any atom is -0.494 e. The maximum Gasteiger partial charge on any atom is 0.253 e. The Morgan fingerprint density at radius 2 is 2.04 bits per heavy atom. The summed E-state index contributed by atoms with van der Waals surface area (Å²) in [6.07, 6.45) is 3.45. The molecule has 2 aromatic rings. The van der Waals surface area contributed by atoms with Gasteiger partial charge in [0.25, 0.3) is 5.91 Å². The molecule has 0 spiro atoms. The number of benzene rings is 1. The SMILES string of the molecule is COc1cc(C(=O)N2CCC(c3nncn3C(C)C)CC2)ccc1F. The molecule has 7 heteroatoms. The monoisotopic (exact) mass is 346 g/mol. The Kier molecular flexibility index (Phi) is 5.01. The van der Waals surface area contributed by atoms with Crippen molar-refractivity contribution in [3.8, 4) is 5.75 Å². The van der Waals surface area contributed by atoms with E-state index in [9.17, 15) is 9.18 Å². The Morgan fingerprint density at radius 3 is 2.68 bits per heavy atom. The van der Waals surface area contributed by atoms with Gasteiger partial charge in [-0.2, -0.15) is 0 Å². The van der Waals surface area contributed by atoms with Gasteiger partial charge in [0, 0.05) is 30.6 Å². The van der Waals surface area contributed by atoms with Crippen LogP contribution in [-0.2, 0) is 0 Å². The van der Waals surface area contributed by atoms with Crippen molar-refractivity contribution < 1.29 is 13.9 Å². The first-order chi connectivity index (χ1) is 12.0. The first-order valence-corrected chi connectivity index (χ1v) is 8.53. The minimum absolute atomic E-state index is 0.0887. The molecule has 1 aliphatic heterocycles. The van der Waals surface area contributed by atoms with Crippen LogP contribution >= 0.6 is 0 Å². The van der Waals surface area contributed by atoms with E-state index in [1.165, 1.54) is 25.3 Å². The van der Waals surface area contributed by atoms with E-state index in [0.717, 1.165) is 18.7 Å². The summed E-state index contributed by atoms with van der Waals surface area (Å²) in [5.74, 6) is 0.820. The molecule has 1 aromatic carbocycles. The molecule has 25 heavy (non-hydrogen) atoms. The number of piperidine rings is 1. The Morgan fingerprint density at radius 1 is 1.32 bits per heavy atom. The van der Waals surface area contributed by atoms with Gasteiger partial charge in [-0.25, -0.2) is 4.39 Å². The van der Waals surface area contributed by atoms with Crippen molar-refractivity contribution in [2.45, 2.75) is 38.6 Å². The van der Waals surface area contributed by atoms with Crippen LogP contribution in [0.5, 0.6) is 5.75 Å². The smallest absolute Gasteiger partial charge is 0.253 e. The second-order valence-electron chi connectivity index (χ2n) is 6.61. The van der Waals surface area contributed by atoms with Gasteiger partial charge >= 0.3 is 0 Å². The lowest BCUT2D eigenvalue weighted by Crippen LogP contribution is -2.38. The highest BCUT2D eigenvalue weighted by molar-refractivity contribution is 5.94. The zero-order valence-corrected chi connectivity index (χ0v) is 14.8. The summed E-state index contributed by atoms with van der Waals surface area (Å²) in [4.78, 5) is 14.5. The fourth-order valence-electron chi connectivity index (χ4n) is 3.26. The van der Waals surface area contributed by atoms with Crippen molar-refractivity contribution in [1.29, 1.82) is 0 Å². The summed E-state index contributed by atoms with van der Waals surface area (Å²) in [5, 5.41) is 8.30. The second kappa shape index (κ2) is 7.21. The van der Waals surface area contributed by atoms with Crippen LogP contribution in [0.2, 0.25) is 0 Å². The van der Waals surface area contributed by atoms with Gasteiger partial charge < -0.3 is 14.2 Å². The van der Waals surface area contributed by atoms with Crippen LogP contribution in [-0.4, -0.2) is 45.8 Å². The fraction of sp³-hybridized carbons (Fsp3) is 0.500. The molecule has 1 fully saturated rings. The predicted octanol–water partition coefficient (Wildman–Crippen LogP) is 3.03. The minimum atomic E-state index is -0.467. The molecule has 0 radical (unpaired) electrons. The van der Waals surface area contributed by atoms with Crippen molar-refractivity contribution in [3.63, 3.8) is 0 Å². The molecule has 1 aliphatic rings. The number of amides is 1. The summed E-state index contributed by atoms with van der Waals surface area (Å²) < 4.78 is 20.6. The summed E-state index contributed by atoms with van der Waals surface area (Å²) in [6.45, 7) is 5.50. The standard InChI is InChI=1S/C18H23FN4O2/c1-12(2)23-11-20-21-17(23)13-6-8-22(9-7-13)18(24)14-4-5-15(19)16(10-14)25-3/h4-5,10-13H,6-9H2,1-3H3. The van der Waals surface area contributed by atoms with Crippen molar-refractivity contribution >= 4 is 5.91 Å². The maximum absolute atomic E-state index is 13.5. The van der Waals surface area contributed by atoms with E-state index in [1.807, 2.05) is 0 Å². The van der Waals surface area contributed by atoms with E-state index in [4.69, 9.17) is 4.74 Å². The van der Waals surface area contributed by atoms with Crippen LogP contribution in [0, 0.1) is 5.82 Å². The highest BCUT2D eigenvalue weighted by Gasteiger charge is 2.28. The normalized spacial score (nSPS) is 15.6. The highest BCUT2D eigenvalue weighted by atomic mass is 19.1. The molecule has 134 valence electrons. The van der Waals surface area contributed by atoms with E-state index < -0.39 is 5.82 Å². The molecule has 0 saturated carbocycles. The zero-order valence-electron chi connectivity index (χ0n) is 14.8. The van der Waals surface area contributed by atoms with E-state index in [0.29, 0.717) is 30.6 Å². The Bertz CT molecular complexity index is 751. The van der Waals surface area contributed by atoms with Crippen LogP contribution < -0.4 is 4.74 Å². The van der Waals surface area contributed by atoms with Crippen molar-refractivity contribution in [2.75, 3.05) is 20.2 Å². The molecular weight excluding hydrogens is 323 g/mol.